The van der Waals surface area contributed by atoms with Crippen molar-refractivity contribution in [3.05, 3.63) is 12.2 Å². The lowest BCUT2D eigenvalue weighted by Crippen LogP contribution is -2.30. The van der Waals surface area contributed by atoms with Crippen LogP contribution in [0.5, 0.6) is 0 Å². The van der Waals surface area contributed by atoms with E-state index >= 15 is 0 Å². The van der Waals surface area contributed by atoms with Crippen molar-refractivity contribution in [3.8, 4) is 0 Å². The first-order chi connectivity index (χ1) is 10.8. The third-order valence-corrected chi connectivity index (χ3v) is 3.61. The Morgan fingerprint density at radius 2 is 0.773 bits per heavy atom. The van der Waals surface area contributed by atoms with Crippen molar-refractivity contribution in [2.45, 2.75) is 25.7 Å². The summed E-state index contributed by atoms with van der Waals surface area (Å²) in [5.74, 6) is 0. The van der Waals surface area contributed by atoms with Crippen molar-refractivity contribution in [1.29, 1.82) is 0 Å². The SMILES string of the molecule is NCCCN(C/C=C/CN(CCCN)CCCN)CCCN. The first-order valence-electron chi connectivity index (χ1n) is 8.68. The van der Waals surface area contributed by atoms with E-state index in [1.807, 2.05) is 0 Å². The lowest BCUT2D eigenvalue weighted by molar-refractivity contribution is 0.290. The van der Waals surface area contributed by atoms with E-state index in [-0.39, 0.29) is 0 Å². The standard InChI is InChI=1S/C16H38N6/c17-7-3-13-21(14-4-8-18)11-1-2-12-22(15-5-9-19)16-6-10-20/h1-2H,3-20H2/b2-1+. The maximum absolute atomic E-state index is 5.60. The molecule has 0 atom stereocenters. The lowest BCUT2D eigenvalue weighted by Gasteiger charge is -2.21. The van der Waals surface area contributed by atoms with Crippen LogP contribution in [-0.4, -0.2) is 75.2 Å². The monoisotopic (exact) mass is 314 g/mol. The molecule has 0 saturated heterocycles. The highest BCUT2D eigenvalue weighted by Gasteiger charge is 2.03. The Morgan fingerprint density at radius 1 is 0.500 bits per heavy atom. The molecule has 0 fully saturated rings. The van der Waals surface area contributed by atoms with Crippen LogP contribution in [0.4, 0.5) is 0 Å². The Balaban J connectivity index is 4.08. The fraction of sp³-hybridized carbons (Fsp3) is 0.875. The predicted octanol–water partition coefficient (Wildman–Crippen LogP) is -0.458. The van der Waals surface area contributed by atoms with Crippen LogP contribution in [0.1, 0.15) is 25.7 Å². The molecule has 0 spiro atoms. The molecule has 0 unspecified atom stereocenters. The molecule has 0 aromatic heterocycles. The van der Waals surface area contributed by atoms with Crippen molar-refractivity contribution < 1.29 is 0 Å². The molecule has 0 bridgehead atoms. The number of hydrogen-bond acceptors (Lipinski definition) is 6. The zero-order valence-electron chi connectivity index (χ0n) is 14.3. The molecule has 6 nitrogen and oxygen atoms in total. The molecule has 132 valence electrons. The summed E-state index contributed by atoms with van der Waals surface area (Å²) < 4.78 is 0. The van der Waals surface area contributed by atoms with Crippen molar-refractivity contribution in [1.82, 2.24) is 9.80 Å². The van der Waals surface area contributed by atoms with Gasteiger partial charge in [-0.1, -0.05) is 12.2 Å². The highest BCUT2D eigenvalue weighted by Crippen LogP contribution is 1.97. The second kappa shape index (κ2) is 16.9. The van der Waals surface area contributed by atoms with Crippen LogP contribution in [0.3, 0.4) is 0 Å². The van der Waals surface area contributed by atoms with Crippen LogP contribution in [0.15, 0.2) is 12.2 Å². The summed E-state index contributed by atoms with van der Waals surface area (Å²) in [5.41, 5.74) is 22.4. The number of nitrogens with zero attached hydrogens (tertiary/aromatic N) is 2. The van der Waals surface area contributed by atoms with E-state index < -0.39 is 0 Å². The Kier molecular flexibility index (Phi) is 16.5. The van der Waals surface area contributed by atoms with Gasteiger partial charge in [-0.3, -0.25) is 9.80 Å². The third-order valence-electron chi connectivity index (χ3n) is 3.61. The van der Waals surface area contributed by atoms with Gasteiger partial charge in [0.25, 0.3) is 0 Å². The van der Waals surface area contributed by atoms with E-state index in [2.05, 4.69) is 22.0 Å². The average Bonchev–Trinajstić information content (AvgIpc) is 2.54. The van der Waals surface area contributed by atoms with E-state index in [0.29, 0.717) is 0 Å². The number of rotatable bonds is 16. The number of hydrogen-bond donors (Lipinski definition) is 4. The second-order valence-electron chi connectivity index (χ2n) is 5.64. The molecule has 0 aliphatic carbocycles. The molecule has 6 heteroatoms. The molecule has 0 aromatic carbocycles. The normalized spacial score (nSPS) is 12.1. The molecule has 8 N–H and O–H groups in total. The molecule has 0 heterocycles. The van der Waals surface area contributed by atoms with Gasteiger partial charge in [0, 0.05) is 13.1 Å². The molecular weight excluding hydrogens is 276 g/mol. The molecular formula is C16H38N6. The maximum Gasteiger partial charge on any atom is 0.0163 e. The van der Waals surface area contributed by atoms with Crippen LogP contribution in [0.25, 0.3) is 0 Å². The largest absolute Gasteiger partial charge is 0.330 e. The summed E-state index contributed by atoms with van der Waals surface area (Å²) in [7, 11) is 0. The average molecular weight is 315 g/mol. The minimum absolute atomic E-state index is 0.745. The summed E-state index contributed by atoms with van der Waals surface area (Å²) in [6.45, 7) is 9.11. The van der Waals surface area contributed by atoms with Gasteiger partial charge in [-0.2, -0.15) is 0 Å². The molecule has 0 aromatic rings. The van der Waals surface area contributed by atoms with Gasteiger partial charge in [0.1, 0.15) is 0 Å². The predicted molar refractivity (Wildman–Crippen MR) is 96.7 cm³/mol. The highest BCUT2D eigenvalue weighted by atomic mass is 15.1. The first-order valence-corrected chi connectivity index (χ1v) is 8.68. The van der Waals surface area contributed by atoms with Gasteiger partial charge in [0.05, 0.1) is 0 Å². The Bertz CT molecular complexity index is 207. The summed E-state index contributed by atoms with van der Waals surface area (Å²) in [5, 5.41) is 0. The van der Waals surface area contributed by atoms with Gasteiger partial charge >= 0.3 is 0 Å². The lowest BCUT2D eigenvalue weighted by atomic mass is 10.3. The molecule has 0 aliphatic rings. The van der Waals surface area contributed by atoms with Crippen LogP contribution in [-0.2, 0) is 0 Å². The van der Waals surface area contributed by atoms with E-state index in [1.165, 1.54) is 0 Å². The quantitative estimate of drug-likeness (QED) is 0.287. The molecule has 0 radical (unpaired) electrons. The zero-order chi connectivity index (χ0) is 16.5. The van der Waals surface area contributed by atoms with Crippen molar-refractivity contribution in [2.24, 2.45) is 22.9 Å². The van der Waals surface area contributed by atoms with Crippen molar-refractivity contribution in [3.63, 3.8) is 0 Å². The zero-order valence-corrected chi connectivity index (χ0v) is 14.3. The third kappa shape index (κ3) is 13.2. The van der Waals surface area contributed by atoms with Gasteiger partial charge in [-0.05, 0) is 78.0 Å². The fourth-order valence-electron chi connectivity index (χ4n) is 2.30. The Hall–Kier alpha value is -0.500. The van der Waals surface area contributed by atoms with Crippen LogP contribution in [0, 0.1) is 0 Å². The van der Waals surface area contributed by atoms with E-state index in [9.17, 15) is 0 Å². The fourth-order valence-corrected chi connectivity index (χ4v) is 2.30. The minimum Gasteiger partial charge on any atom is -0.330 e. The van der Waals surface area contributed by atoms with Gasteiger partial charge in [-0.25, -0.2) is 0 Å². The highest BCUT2D eigenvalue weighted by molar-refractivity contribution is 4.88. The molecule has 0 rings (SSSR count). The number of nitrogens with two attached hydrogens (primary N) is 4. The second-order valence-corrected chi connectivity index (χ2v) is 5.64. The van der Waals surface area contributed by atoms with Crippen LogP contribution < -0.4 is 22.9 Å². The summed E-state index contributed by atoms with van der Waals surface area (Å²) in [6, 6.07) is 0. The van der Waals surface area contributed by atoms with Gasteiger partial charge in [0.2, 0.25) is 0 Å². The van der Waals surface area contributed by atoms with Gasteiger partial charge < -0.3 is 22.9 Å². The Morgan fingerprint density at radius 3 is 1.00 bits per heavy atom. The summed E-state index contributed by atoms with van der Waals surface area (Å²) >= 11 is 0. The van der Waals surface area contributed by atoms with Crippen molar-refractivity contribution in [2.75, 3.05) is 65.4 Å². The molecule has 22 heavy (non-hydrogen) atoms. The topological polar surface area (TPSA) is 111 Å². The van der Waals surface area contributed by atoms with Crippen molar-refractivity contribution >= 4 is 0 Å². The summed E-state index contributed by atoms with van der Waals surface area (Å²) in [6.07, 6.45) is 8.67. The molecule has 0 saturated carbocycles. The minimum atomic E-state index is 0.745. The Labute approximate surface area is 136 Å². The van der Waals surface area contributed by atoms with Gasteiger partial charge in [-0.15, -0.1) is 0 Å². The van der Waals surface area contributed by atoms with E-state index in [1.54, 1.807) is 0 Å². The van der Waals surface area contributed by atoms with Gasteiger partial charge in [0.15, 0.2) is 0 Å². The smallest absolute Gasteiger partial charge is 0.0163 e. The molecule has 0 aliphatic heterocycles. The van der Waals surface area contributed by atoms with Crippen LogP contribution in [0.2, 0.25) is 0 Å². The van der Waals surface area contributed by atoms with Crippen LogP contribution >= 0.6 is 0 Å². The van der Waals surface area contributed by atoms with E-state index in [4.69, 9.17) is 22.9 Å². The first kappa shape index (κ1) is 21.5. The van der Waals surface area contributed by atoms with E-state index in [0.717, 1.165) is 91.1 Å². The molecule has 0 amide bonds. The summed E-state index contributed by atoms with van der Waals surface area (Å²) in [4.78, 5) is 4.83. The maximum atomic E-state index is 5.60.